The molecule has 3 heteroatoms. The Kier molecular flexibility index (Phi) is 2.90. The van der Waals surface area contributed by atoms with Crippen LogP contribution in [0.1, 0.15) is 24.3 Å². The zero-order valence-corrected chi connectivity index (χ0v) is 10.3. The summed E-state index contributed by atoms with van der Waals surface area (Å²) in [4.78, 5) is 3.28. The Labute approximate surface area is 106 Å². The van der Waals surface area contributed by atoms with Crippen LogP contribution in [0.2, 0.25) is 0 Å². The fourth-order valence-electron chi connectivity index (χ4n) is 2.20. The van der Waals surface area contributed by atoms with Gasteiger partial charge in [0.25, 0.3) is 0 Å². The van der Waals surface area contributed by atoms with Crippen LogP contribution in [0.5, 0.6) is 0 Å². The molecule has 2 N–H and O–H groups in total. The maximum atomic E-state index is 5.39. The maximum absolute atomic E-state index is 5.39. The Morgan fingerprint density at radius 2 is 2.17 bits per heavy atom. The average molecular weight is 240 g/mol. The van der Waals surface area contributed by atoms with Crippen molar-refractivity contribution in [3.05, 3.63) is 60.2 Å². The minimum atomic E-state index is 0.213. The first-order chi connectivity index (χ1) is 8.84. The quantitative estimate of drug-likeness (QED) is 0.731. The minimum absolute atomic E-state index is 0.213. The monoisotopic (exact) mass is 240 g/mol. The van der Waals surface area contributed by atoms with E-state index in [9.17, 15) is 0 Å². The highest BCUT2D eigenvalue weighted by Gasteiger charge is 2.08. The predicted octanol–water partition coefficient (Wildman–Crippen LogP) is 3.61. The van der Waals surface area contributed by atoms with E-state index in [4.69, 9.17) is 4.42 Å². The van der Waals surface area contributed by atoms with Crippen molar-refractivity contribution in [1.29, 1.82) is 0 Å². The topological polar surface area (TPSA) is 41.0 Å². The number of aromatic nitrogens is 1. The Balaban J connectivity index is 1.75. The van der Waals surface area contributed by atoms with E-state index in [1.807, 2.05) is 18.3 Å². The molecule has 92 valence electrons. The summed E-state index contributed by atoms with van der Waals surface area (Å²) in [6, 6.07) is 12.6. The van der Waals surface area contributed by atoms with Gasteiger partial charge in [-0.25, -0.2) is 0 Å². The van der Waals surface area contributed by atoms with Crippen LogP contribution < -0.4 is 5.32 Å². The summed E-state index contributed by atoms with van der Waals surface area (Å²) < 4.78 is 5.39. The van der Waals surface area contributed by atoms with Gasteiger partial charge in [-0.3, -0.25) is 0 Å². The van der Waals surface area contributed by atoms with Gasteiger partial charge in [0.1, 0.15) is 5.76 Å². The molecular weight excluding hydrogens is 224 g/mol. The van der Waals surface area contributed by atoms with Crippen molar-refractivity contribution in [3.63, 3.8) is 0 Å². The molecule has 0 fully saturated rings. The highest BCUT2D eigenvalue weighted by atomic mass is 16.3. The van der Waals surface area contributed by atoms with Crippen molar-refractivity contribution >= 4 is 10.9 Å². The Morgan fingerprint density at radius 3 is 3.00 bits per heavy atom. The summed E-state index contributed by atoms with van der Waals surface area (Å²) in [7, 11) is 0. The first-order valence-corrected chi connectivity index (χ1v) is 6.16. The molecule has 0 saturated heterocycles. The molecule has 0 aliphatic carbocycles. The molecule has 0 saturated carbocycles. The van der Waals surface area contributed by atoms with E-state index in [1.54, 1.807) is 6.26 Å². The number of hydrogen-bond acceptors (Lipinski definition) is 2. The first-order valence-electron chi connectivity index (χ1n) is 6.16. The second-order valence-electron chi connectivity index (χ2n) is 4.48. The van der Waals surface area contributed by atoms with Crippen LogP contribution in [0.15, 0.2) is 53.3 Å². The first kappa shape index (κ1) is 11.1. The number of rotatable bonds is 4. The fraction of sp³-hybridized carbons (Fsp3) is 0.200. The zero-order chi connectivity index (χ0) is 12.4. The lowest BCUT2D eigenvalue weighted by molar-refractivity contribution is 0.430. The summed E-state index contributed by atoms with van der Waals surface area (Å²) in [6.07, 6.45) is 3.68. The highest BCUT2D eigenvalue weighted by Crippen LogP contribution is 2.18. The zero-order valence-electron chi connectivity index (χ0n) is 10.3. The van der Waals surface area contributed by atoms with Crippen LogP contribution in [0.25, 0.3) is 10.9 Å². The third-order valence-electron chi connectivity index (χ3n) is 3.24. The van der Waals surface area contributed by atoms with Gasteiger partial charge in [0.15, 0.2) is 0 Å². The van der Waals surface area contributed by atoms with Crippen LogP contribution in [0.4, 0.5) is 0 Å². The average Bonchev–Trinajstić information content (AvgIpc) is 3.05. The van der Waals surface area contributed by atoms with Crippen molar-refractivity contribution in [2.75, 3.05) is 0 Å². The molecule has 0 aliphatic rings. The van der Waals surface area contributed by atoms with Crippen molar-refractivity contribution in [3.8, 4) is 0 Å². The molecule has 0 spiro atoms. The highest BCUT2D eigenvalue weighted by molar-refractivity contribution is 5.82. The van der Waals surface area contributed by atoms with E-state index >= 15 is 0 Å². The molecule has 0 bridgehead atoms. The second kappa shape index (κ2) is 4.70. The molecule has 0 aliphatic heterocycles. The summed E-state index contributed by atoms with van der Waals surface area (Å²) in [5, 5.41) is 4.72. The number of benzene rings is 1. The molecule has 0 amide bonds. The molecule has 0 radical (unpaired) electrons. The van der Waals surface area contributed by atoms with Gasteiger partial charge in [0.05, 0.1) is 12.3 Å². The van der Waals surface area contributed by atoms with E-state index < -0.39 is 0 Å². The number of H-pyrrole nitrogens is 1. The summed E-state index contributed by atoms with van der Waals surface area (Å²) in [5.74, 6) is 0.966. The SMILES string of the molecule is C[C@H](NCc1cccc2cc[nH]c12)c1ccco1. The Morgan fingerprint density at radius 1 is 1.22 bits per heavy atom. The van der Waals surface area contributed by atoms with Crippen molar-refractivity contribution in [1.82, 2.24) is 10.3 Å². The lowest BCUT2D eigenvalue weighted by Gasteiger charge is -2.11. The van der Waals surface area contributed by atoms with Crippen LogP contribution >= 0.6 is 0 Å². The van der Waals surface area contributed by atoms with E-state index in [1.165, 1.54) is 16.5 Å². The van der Waals surface area contributed by atoms with E-state index in [2.05, 4.69) is 41.5 Å². The van der Waals surface area contributed by atoms with E-state index in [0.717, 1.165) is 12.3 Å². The molecule has 2 aromatic heterocycles. The fourth-order valence-corrected chi connectivity index (χ4v) is 2.20. The van der Waals surface area contributed by atoms with Gasteiger partial charge < -0.3 is 14.7 Å². The summed E-state index contributed by atoms with van der Waals surface area (Å²) in [6.45, 7) is 2.92. The predicted molar refractivity (Wildman–Crippen MR) is 72.3 cm³/mol. The van der Waals surface area contributed by atoms with Gasteiger partial charge in [0, 0.05) is 18.3 Å². The minimum Gasteiger partial charge on any atom is -0.468 e. The van der Waals surface area contributed by atoms with Crippen molar-refractivity contribution in [2.24, 2.45) is 0 Å². The molecule has 3 rings (SSSR count). The van der Waals surface area contributed by atoms with Crippen LogP contribution in [-0.4, -0.2) is 4.98 Å². The summed E-state index contributed by atoms with van der Waals surface area (Å²) >= 11 is 0. The van der Waals surface area contributed by atoms with Gasteiger partial charge in [-0.1, -0.05) is 18.2 Å². The van der Waals surface area contributed by atoms with Crippen LogP contribution in [-0.2, 0) is 6.54 Å². The van der Waals surface area contributed by atoms with Crippen LogP contribution in [0.3, 0.4) is 0 Å². The van der Waals surface area contributed by atoms with Gasteiger partial charge >= 0.3 is 0 Å². The molecule has 1 aromatic carbocycles. The molecular formula is C15H16N2O. The largest absolute Gasteiger partial charge is 0.468 e. The van der Waals surface area contributed by atoms with Crippen molar-refractivity contribution in [2.45, 2.75) is 19.5 Å². The maximum Gasteiger partial charge on any atom is 0.120 e. The number of para-hydroxylation sites is 1. The molecule has 1 atom stereocenters. The van der Waals surface area contributed by atoms with E-state index in [0.29, 0.717) is 0 Å². The lowest BCUT2D eigenvalue weighted by atomic mass is 10.1. The number of hydrogen-bond donors (Lipinski definition) is 2. The molecule has 18 heavy (non-hydrogen) atoms. The summed E-state index contributed by atoms with van der Waals surface area (Å²) in [5.41, 5.74) is 2.48. The number of aromatic amines is 1. The van der Waals surface area contributed by atoms with Gasteiger partial charge in [-0.15, -0.1) is 0 Å². The van der Waals surface area contributed by atoms with Gasteiger partial charge in [-0.2, -0.15) is 0 Å². The number of nitrogens with one attached hydrogen (secondary N) is 2. The van der Waals surface area contributed by atoms with E-state index in [-0.39, 0.29) is 6.04 Å². The molecule has 2 heterocycles. The third kappa shape index (κ3) is 2.05. The Hall–Kier alpha value is -2.00. The second-order valence-corrected chi connectivity index (χ2v) is 4.48. The number of fused-ring (bicyclic) bond motifs is 1. The lowest BCUT2D eigenvalue weighted by Crippen LogP contribution is -2.17. The molecule has 3 aromatic rings. The van der Waals surface area contributed by atoms with Gasteiger partial charge in [-0.05, 0) is 36.1 Å². The third-order valence-corrected chi connectivity index (χ3v) is 3.24. The van der Waals surface area contributed by atoms with Gasteiger partial charge in [0.2, 0.25) is 0 Å². The molecule has 3 nitrogen and oxygen atoms in total. The Bertz CT molecular complexity index is 625. The standard InChI is InChI=1S/C15H16N2O/c1-11(14-6-3-9-18-14)17-10-13-5-2-4-12-7-8-16-15(12)13/h2-9,11,16-17H,10H2,1H3/t11-/m0/s1. The smallest absolute Gasteiger partial charge is 0.120 e. The normalized spacial score (nSPS) is 12.9. The van der Waals surface area contributed by atoms with Crippen molar-refractivity contribution < 1.29 is 4.42 Å². The molecule has 0 unspecified atom stereocenters. The van der Waals surface area contributed by atoms with Crippen LogP contribution in [0, 0.1) is 0 Å². The number of furan rings is 1.